The fourth-order valence-electron chi connectivity index (χ4n) is 5.30. The average molecular weight is 472 g/mol. The molecule has 2 saturated heterocycles. The van der Waals surface area contributed by atoms with Crippen LogP contribution in [0.4, 0.5) is 4.39 Å². The van der Waals surface area contributed by atoms with E-state index in [-0.39, 0.29) is 16.8 Å². The third kappa shape index (κ3) is 4.50. The molecule has 8 heteroatoms. The van der Waals surface area contributed by atoms with Crippen LogP contribution < -0.4 is 5.32 Å². The number of amides is 2. The molecule has 2 amide bonds. The molecule has 174 valence electrons. The second-order valence-electron chi connectivity index (χ2n) is 9.27. The van der Waals surface area contributed by atoms with Gasteiger partial charge in [0.25, 0.3) is 5.91 Å². The van der Waals surface area contributed by atoms with Gasteiger partial charge in [-0.05, 0) is 73.2 Å². The van der Waals surface area contributed by atoms with Crippen LogP contribution in [0.1, 0.15) is 58.6 Å². The third-order valence-corrected chi connectivity index (χ3v) is 7.44. The molecule has 0 aromatic heterocycles. The number of carbonyl (C=O) groups excluding carboxylic acids is 2. The number of carbonyl (C=O) groups is 2. The van der Waals surface area contributed by atoms with E-state index in [1.165, 1.54) is 11.6 Å². The van der Waals surface area contributed by atoms with Crippen LogP contribution in [-0.4, -0.2) is 52.1 Å². The van der Waals surface area contributed by atoms with Crippen molar-refractivity contribution in [3.63, 3.8) is 0 Å². The number of aliphatic hydroxyl groups excluding tert-OH is 1. The van der Waals surface area contributed by atoms with Crippen molar-refractivity contribution < 1.29 is 19.1 Å². The maximum Gasteiger partial charge on any atom is 0.254 e. The molecule has 5 rings (SSSR count). The minimum Gasteiger partial charge on any atom is -0.372 e. The Morgan fingerprint density at radius 3 is 2.61 bits per heavy atom. The molecule has 0 aliphatic carbocycles. The van der Waals surface area contributed by atoms with Gasteiger partial charge in [0.2, 0.25) is 5.91 Å². The van der Waals surface area contributed by atoms with Crippen molar-refractivity contribution in [1.82, 2.24) is 15.1 Å². The summed E-state index contributed by atoms with van der Waals surface area (Å²) >= 11 is 5.91. The minimum absolute atomic E-state index is 0.0791. The zero-order valence-electron chi connectivity index (χ0n) is 18.3. The number of likely N-dealkylation sites (tertiary alicyclic amines) is 1. The highest BCUT2D eigenvalue weighted by Gasteiger charge is 2.39. The highest BCUT2D eigenvalue weighted by molar-refractivity contribution is 6.30. The number of halogens is 2. The molecule has 2 aromatic carbocycles. The SMILES string of the molecule is O=C1CCC(N2Cc3cc(C4CCN(Cc5ccc(F)c(Cl)c5)CC4)ccc3C2=O)C(O)N1. The Morgan fingerprint density at radius 1 is 1.09 bits per heavy atom. The van der Waals surface area contributed by atoms with E-state index in [9.17, 15) is 19.1 Å². The lowest BCUT2D eigenvalue weighted by Crippen LogP contribution is -2.55. The van der Waals surface area contributed by atoms with E-state index >= 15 is 0 Å². The molecule has 2 fully saturated rings. The quantitative estimate of drug-likeness (QED) is 0.716. The summed E-state index contributed by atoms with van der Waals surface area (Å²) in [6.45, 7) is 3.09. The van der Waals surface area contributed by atoms with Gasteiger partial charge < -0.3 is 15.3 Å². The first-order chi connectivity index (χ1) is 15.9. The molecule has 0 radical (unpaired) electrons. The summed E-state index contributed by atoms with van der Waals surface area (Å²) in [5, 5.41) is 13.0. The molecule has 3 aliphatic heterocycles. The predicted molar refractivity (Wildman–Crippen MR) is 122 cm³/mol. The Bertz CT molecular complexity index is 1090. The number of piperidine rings is 2. The fraction of sp³-hybridized carbons (Fsp3) is 0.440. The number of hydrogen-bond donors (Lipinski definition) is 2. The number of rotatable bonds is 4. The zero-order chi connectivity index (χ0) is 23.1. The number of fused-ring (bicyclic) bond motifs is 1. The molecule has 2 aromatic rings. The first-order valence-corrected chi connectivity index (χ1v) is 11.8. The van der Waals surface area contributed by atoms with Gasteiger partial charge in [-0.1, -0.05) is 29.8 Å². The van der Waals surface area contributed by atoms with Crippen molar-refractivity contribution in [2.24, 2.45) is 0 Å². The van der Waals surface area contributed by atoms with Gasteiger partial charge in [-0.2, -0.15) is 0 Å². The van der Waals surface area contributed by atoms with Crippen molar-refractivity contribution in [2.45, 2.75) is 57.0 Å². The molecule has 6 nitrogen and oxygen atoms in total. The molecule has 2 N–H and O–H groups in total. The highest BCUT2D eigenvalue weighted by Crippen LogP contribution is 2.34. The lowest BCUT2D eigenvalue weighted by Gasteiger charge is -2.35. The zero-order valence-corrected chi connectivity index (χ0v) is 19.0. The van der Waals surface area contributed by atoms with E-state index in [4.69, 9.17) is 11.6 Å². The van der Waals surface area contributed by atoms with Gasteiger partial charge in [0, 0.05) is 25.1 Å². The second-order valence-corrected chi connectivity index (χ2v) is 9.67. The number of nitrogens with zero attached hydrogens (tertiary/aromatic N) is 2. The van der Waals surface area contributed by atoms with E-state index in [1.807, 2.05) is 6.07 Å². The lowest BCUT2D eigenvalue weighted by molar-refractivity contribution is -0.129. The first-order valence-electron chi connectivity index (χ1n) is 11.5. The Labute approximate surface area is 197 Å². The van der Waals surface area contributed by atoms with Gasteiger partial charge in [0.05, 0.1) is 11.1 Å². The van der Waals surface area contributed by atoms with Crippen molar-refractivity contribution in [3.05, 3.63) is 69.5 Å². The van der Waals surface area contributed by atoms with Crippen LogP contribution in [0.2, 0.25) is 5.02 Å². The van der Waals surface area contributed by atoms with Gasteiger partial charge in [0.1, 0.15) is 12.0 Å². The predicted octanol–water partition coefficient (Wildman–Crippen LogP) is 3.41. The number of nitrogens with one attached hydrogen (secondary N) is 1. The van der Waals surface area contributed by atoms with E-state index in [1.54, 1.807) is 17.0 Å². The van der Waals surface area contributed by atoms with Crippen LogP contribution in [0.5, 0.6) is 0 Å². The standard InChI is InChI=1S/C25H27ClFN3O3/c26-20-11-15(1-4-21(20)27)13-29-9-7-16(8-10-29)17-2-3-19-18(12-17)14-30(25(19)33)22-5-6-23(31)28-24(22)32/h1-4,11-12,16,22,24,32H,5-10,13-14H2,(H,28,31). The van der Waals surface area contributed by atoms with Crippen molar-refractivity contribution in [1.29, 1.82) is 0 Å². The molecule has 0 spiro atoms. The summed E-state index contributed by atoms with van der Waals surface area (Å²) in [6, 6.07) is 10.6. The maximum atomic E-state index is 13.4. The summed E-state index contributed by atoms with van der Waals surface area (Å²) in [6.07, 6.45) is 1.79. The van der Waals surface area contributed by atoms with Gasteiger partial charge in [-0.15, -0.1) is 0 Å². The van der Waals surface area contributed by atoms with Gasteiger partial charge in [0.15, 0.2) is 0 Å². The van der Waals surface area contributed by atoms with Gasteiger partial charge in [-0.3, -0.25) is 14.5 Å². The van der Waals surface area contributed by atoms with E-state index in [0.717, 1.165) is 43.6 Å². The maximum absolute atomic E-state index is 13.4. The van der Waals surface area contributed by atoms with E-state index in [0.29, 0.717) is 30.9 Å². The lowest BCUT2D eigenvalue weighted by atomic mass is 9.87. The second kappa shape index (κ2) is 9.05. The monoisotopic (exact) mass is 471 g/mol. The summed E-state index contributed by atoms with van der Waals surface area (Å²) in [5.74, 6) is -0.230. The molecule has 0 saturated carbocycles. The fourth-order valence-corrected chi connectivity index (χ4v) is 5.51. The number of hydrogen-bond acceptors (Lipinski definition) is 4. The van der Waals surface area contributed by atoms with E-state index < -0.39 is 18.1 Å². The average Bonchev–Trinajstić information content (AvgIpc) is 3.12. The Morgan fingerprint density at radius 2 is 1.88 bits per heavy atom. The van der Waals surface area contributed by atoms with Crippen molar-refractivity contribution in [2.75, 3.05) is 13.1 Å². The van der Waals surface area contributed by atoms with Crippen LogP contribution in [0.25, 0.3) is 0 Å². The largest absolute Gasteiger partial charge is 0.372 e. The summed E-state index contributed by atoms with van der Waals surface area (Å²) in [7, 11) is 0. The molecular formula is C25H27ClFN3O3. The minimum atomic E-state index is -1.02. The summed E-state index contributed by atoms with van der Waals surface area (Å²) in [5.41, 5.74) is 3.93. The van der Waals surface area contributed by atoms with Crippen molar-refractivity contribution in [3.8, 4) is 0 Å². The van der Waals surface area contributed by atoms with Gasteiger partial charge >= 0.3 is 0 Å². The molecule has 33 heavy (non-hydrogen) atoms. The van der Waals surface area contributed by atoms with Gasteiger partial charge in [-0.25, -0.2) is 4.39 Å². The highest BCUT2D eigenvalue weighted by atomic mass is 35.5. The third-order valence-electron chi connectivity index (χ3n) is 7.15. The smallest absolute Gasteiger partial charge is 0.254 e. The molecule has 2 atom stereocenters. The molecular weight excluding hydrogens is 445 g/mol. The van der Waals surface area contributed by atoms with Crippen LogP contribution >= 0.6 is 11.6 Å². The Hall–Kier alpha value is -2.48. The van der Waals surface area contributed by atoms with Crippen LogP contribution in [0.15, 0.2) is 36.4 Å². The Kier molecular flexibility index (Phi) is 6.12. The molecule has 3 aliphatic rings. The molecule has 3 heterocycles. The topological polar surface area (TPSA) is 72.9 Å². The van der Waals surface area contributed by atoms with E-state index in [2.05, 4.69) is 22.3 Å². The van der Waals surface area contributed by atoms with Crippen molar-refractivity contribution >= 4 is 23.4 Å². The van der Waals surface area contributed by atoms with Crippen LogP contribution in [-0.2, 0) is 17.9 Å². The number of benzene rings is 2. The Balaban J connectivity index is 1.22. The normalized spacial score (nSPS) is 24.2. The van der Waals surface area contributed by atoms with Crippen LogP contribution in [0.3, 0.4) is 0 Å². The number of aliphatic hydroxyl groups is 1. The van der Waals surface area contributed by atoms with Crippen LogP contribution in [0, 0.1) is 5.82 Å². The molecule has 2 unspecified atom stereocenters. The first kappa shape index (κ1) is 22.3. The summed E-state index contributed by atoms with van der Waals surface area (Å²) in [4.78, 5) is 28.5. The molecule has 0 bridgehead atoms. The summed E-state index contributed by atoms with van der Waals surface area (Å²) < 4.78 is 13.4.